The standard InChI is InChI=1S/C17H11NO/c1-2-7-16-13(5-1)14-9-8-12(11-17(14)19-16)15-6-3-4-10-18-15/h1-11H/i1D,2D,3D,4D,5D,6D,7D,9D,10D,11D. The van der Waals surface area contributed by atoms with Crippen molar-refractivity contribution < 1.29 is 18.1 Å². The van der Waals surface area contributed by atoms with E-state index in [1.807, 2.05) is 0 Å². The average molecular weight is 255 g/mol. The second kappa shape index (κ2) is 3.95. The molecule has 2 nitrogen and oxygen atoms in total. The third-order valence-corrected chi connectivity index (χ3v) is 2.67. The Kier molecular flexibility index (Phi) is 0.935. The molecule has 0 spiro atoms. The Hall–Kier alpha value is -2.61. The molecule has 0 fully saturated rings. The van der Waals surface area contributed by atoms with E-state index in [-0.39, 0.29) is 51.3 Å². The van der Waals surface area contributed by atoms with Gasteiger partial charge in [0.15, 0.2) is 0 Å². The van der Waals surface area contributed by atoms with Crippen LogP contribution in [0.25, 0.3) is 33.2 Å². The first-order valence-electron chi connectivity index (χ1n) is 10.4. The normalized spacial score (nSPS) is 18.5. The molecule has 0 unspecified atom stereocenters. The molecule has 0 aliphatic rings. The van der Waals surface area contributed by atoms with Gasteiger partial charge in [-0.25, -0.2) is 0 Å². The van der Waals surface area contributed by atoms with Gasteiger partial charge in [-0.1, -0.05) is 30.2 Å². The van der Waals surface area contributed by atoms with Crippen molar-refractivity contribution in [2.75, 3.05) is 0 Å². The topological polar surface area (TPSA) is 26.0 Å². The van der Waals surface area contributed by atoms with Crippen molar-refractivity contribution in [1.29, 1.82) is 0 Å². The number of aromatic nitrogens is 1. The molecule has 4 aromatic rings. The van der Waals surface area contributed by atoms with E-state index in [0.717, 1.165) is 0 Å². The Morgan fingerprint density at radius 1 is 0.895 bits per heavy atom. The minimum absolute atomic E-state index is 0.0148. The van der Waals surface area contributed by atoms with Crippen molar-refractivity contribution in [2.45, 2.75) is 0 Å². The van der Waals surface area contributed by atoms with Crippen LogP contribution in [-0.4, -0.2) is 4.98 Å². The van der Waals surface area contributed by atoms with Gasteiger partial charge in [-0.3, -0.25) is 4.98 Å². The molecule has 2 aromatic carbocycles. The van der Waals surface area contributed by atoms with Crippen molar-refractivity contribution >= 4 is 21.9 Å². The maximum absolute atomic E-state index is 8.46. The lowest BCUT2D eigenvalue weighted by Gasteiger charge is -1.99. The molecule has 19 heavy (non-hydrogen) atoms. The summed E-state index contributed by atoms with van der Waals surface area (Å²) in [6.45, 7) is 0. The molecule has 90 valence electrons. The molecule has 2 aromatic heterocycles. The summed E-state index contributed by atoms with van der Waals surface area (Å²) in [4.78, 5) is 3.82. The first-order valence-corrected chi connectivity index (χ1v) is 5.43. The molecule has 0 atom stereocenters. The SMILES string of the molecule is [2H]c1nc(-c2cc([2H])c3c(oc4c([2H])c([2H])c([2H])c([2H])c43)c2[2H])c([2H])c([2H])c1[2H]. The summed E-state index contributed by atoms with van der Waals surface area (Å²) in [6, 6.07) is -2.71. The Morgan fingerprint density at radius 2 is 1.74 bits per heavy atom. The number of benzene rings is 2. The first kappa shape index (κ1) is 4.49. The molecular formula is C17H11NO. The maximum atomic E-state index is 8.46. The second-order valence-corrected chi connectivity index (χ2v) is 3.78. The number of hydrogen-bond acceptors (Lipinski definition) is 2. The highest BCUT2D eigenvalue weighted by atomic mass is 16.3. The van der Waals surface area contributed by atoms with Crippen LogP contribution in [0.4, 0.5) is 0 Å². The fraction of sp³-hybridized carbons (Fsp3) is 0. The summed E-state index contributed by atoms with van der Waals surface area (Å²) in [5, 5.41) is 0.0144. The summed E-state index contributed by atoms with van der Waals surface area (Å²) >= 11 is 0. The van der Waals surface area contributed by atoms with Crippen LogP contribution in [0.2, 0.25) is 0 Å². The monoisotopic (exact) mass is 255 g/mol. The van der Waals surface area contributed by atoms with Crippen molar-refractivity contribution in [2.24, 2.45) is 0 Å². The Morgan fingerprint density at radius 3 is 2.74 bits per heavy atom. The van der Waals surface area contributed by atoms with E-state index in [1.54, 1.807) is 0 Å². The quantitative estimate of drug-likeness (QED) is 0.495. The zero-order valence-electron chi connectivity index (χ0n) is 19.4. The molecule has 0 saturated heterocycles. The number of para-hydroxylation sites is 1. The second-order valence-electron chi connectivity index (χ2n) is 3.78. The Bertz CT molecular complexity index is 1360. The highest BCUT2D eigenvalue weighted by Crippen LogP contribution is 2.31. The molecule has 0 aliphatic heterocycles. The van der Waals surface area contributed by atoms with Gasteiger partial charge >= 0.3 is 0 Å². The Labute approximate surface area is 124 Å². The fourth-order valence-corrected chi connectivity index (χ4v) is 1.83. The molecule has 0 radical (unpaired) electrons. The largest absolute Gasteiger partial charge is 0.456 e. The molecule has 2 heterocycles. The number of rotatable bonds is 1. The van der Waals surface area contributed by atoms with Crippen LogP contribution < -0.4 is 0 Å². The first-order chi connectivity index (χ1) is 13.6. The van der Waals surface area contributed by atoms with Crippen LogP contribution in [0.15, 0.2) is 71.0 Å². The van der Waals surface area contributed by atoms with Gasteiger partial charge in [0.05, 0.1) is 19.4 Å². The summed E-state index contributed by atoms with van der Waals surface area (Å²) in [5.74, 6) is 0. The molecule has 0 bridgehead atoms. The van der Waals surface area contributed by atoms with Gasteiger partial charge in [0.1, 0.15) is 11.2 Å². The van der Waals surface area contributed by atoms with Gasteiger partial charge < -0.3 is 4.42 Å². The molecule has 0 amide bonds. The highest BCUT2D eigenvalue weighted by molar-refractivity contribution is 6.05. The van der Waals surface area contributed by atoms with Crippen molar-refractivity contribution in [3.8, 4) is 11.3 Å². The smallest absolute Gasteiger partial charge is 0.136 e. The van der Waals surface area contributed by atoms with Gasteiger partial charge in [-0.15, -0.1) is 0 Å². The predicted octanol–water partition coefficient (Wildman–Crippen LogP) is 4.65. The van der Waals surface area contributed by atoms with Crippen LogP contribution in [0, 0.1) is 0 Å². The molecule has 0 aliphatic carbocycles. The molecule has 0 N–H and O–H groups in total. The number of furan rings is 1. The van der Waals surface area contributed by atoms with Crippen LogP contribution in [0.5, 0.6) is 0 Å². The number of pyridine rings is 1. The summed E-state index contributed by atoms with van der Waals surface area (Å²) in [6.07, 6.45) is -0.545. The van der Waals surface area contributed by atoms with E-state index in [4.69, 9.17) is 18.1 Å². The summed E-state index contributed by atoms with van der Waals surface area (Å²) in [7, 11) is 0. The zero-order valence-corrected chi connectivity index (χ0v) is 9.43. The fourth-order valence-electron chi connectivity index (χ4n) is 1.83. The number of hydrogen-bond donors (Lipinski definition) is 0. The zero-order chi connectivity index (χ0) is 21.4. The Balaban J connectivity index is 2.17. The van der Waals surface area contributed by atoms with Crippen molar-refractivity contribution in [3.05, 3.63) is 66.6 Å². The number of fused-ring (bicyclic) bond motifs is 3. The third-order valence-electron chi connectivity index (χ3n) is 2.67. The predicted molar refractivity (Wildman–Crippen MR) is 77.0 cm³/mol. The lowest BCUT2D eigenvalue weighted by atomic mass is 10.1. The lowest BCUT2D eigenvalue weighted by Crippen LogP contribution is -1.80. The van der Waals surface area contributed by atoms with Crippen LogP contribution in [-0.2, 0) is 0 Å². The summed E-state index contributed by atoms with van der Waals surface area (Å²) < 4.78 is 85.2. The maximum Gasteiger partial charge on any atom is 0.136 e. The van der Waals surface area contributed by atoms with E-state index >= 15 is 0 Å². The van der Waals surface area contributed by atoms with Crippen molar-refractivity contribution in [3.63, 3.8) is 0 Å². The summed E-state index contributed by atoms with van der Waals surface area (Å²) in [5.41, 5.74) is -0.656. The van der Waals surface area contributed by atoms with E-state index in [2.05, 4.69) is 4.98 Å². The van der Waals surface area contributed by atoms with Gasteiger partial charge in [0.25, 0.3) is 0 Å². The molecule has 2 heteroatoms. The van der Waals surface area contributed by atoms with Crippen LogP contribution in [0.3, 0.4) is 0 Å². The number of nitrogens with zero attached hydrogens (tertiary/aromatic N) is 1. The van der Waals surface area contributed by atoms with E-state index < -0.39 is 42.4 Å². The van der Waals surface area contributed by atoms with E-state index in [1.165, 1.54) is 6.07 Å². The molecule has 4 rings (SSSR count). The average Bonchev–Trinajstić information content (AvgIpc) is 3.10. The minimum Gasteiger partial charge on any atom is -0.456 e. The van der Waals surface area contributed by atoms with E-state index in [0.29, 0.717) is 0 Å². The third kappa shape index (κ3) is 1.61. The van der Waals surface area contributed by atoms with E-state index in [9.17, 15) is 0 Å². The molecular weight excluding hydrogens is 234 g/mol. The van der Waals surface area contributed by atoms with Gasteiger partial charge in [-0.05, 0) is 30.2 Å². The van der Waals surface area contributed by atoms with Gasteiger partial charge in [0, 0.05) is 22.5 Å². The van der Waals surface area contributed by atoms with Crippen molar-refractivity contribution in [1.82, 2.24) is 4.98 Å². The van der Waals surface area contributed by atoms with Gasteiger partial charge in [0.2, 0.25) is 0 Å². The highest BCUT2D eigenvalue weighted by Gasteiger charge is 2.07. The molecule has 0 saturated carbocycles. The minimum atomic E-state index is -0.545. The lowest BCUT2D eigenvalue weighted by molar-refractivity contribution is 0.669. The van der Waals surface area contributed by atoms with Crippen LogP contribution in [0.1, 0.15) is 13.7 Å². The van der Waals surface area contributed by atoms with Gasteiger partial charge in [-0.2, -0.15) is 0 Å². The van der Waals surface area contributed by atoms with Crippen LogP contribution >= 0.6 is 0 Å².